The predicted octanol–water partition coefficient (Wildman–Crippen LogP) is 1.89. The van der Waals surface area contributed by atoms with Crippen LogP contribution in [0, 0.1) is 5.82 Å². The molecule has 0 radical (unpaired) electrons. The van der Waals surface area contributed by atoms with Gasteiger partial charge in [-0.05, 0) is 44.6 Å². The van der Waals surface area contributed by atoms with Gasteiger partial charge in [-0.2, -0.15) is 0 Å². The highest BCUT2D eigenvalue weighted by Crippen LogP contribution is 2.21. The zero-order valence-electron chi connectivity index (χ0n) is 13.9. The topological polar surface area (TPSA) is 67.6 Å². The molecule has 1 aromatic carbocycles. The first-order chi connectivity index (χ1) is 10.5. The number of halogens is 3. The maximum Gasteiger partial charge on any atom is 0.249 e. The standard InChI is InChI=1S/C16H24FN3O2.2ClH/c1-20(2)14(11-4-3-5-12(17)8-11)10-19-16(21)15-7-6-13(9-18)22-15;;/h3-5,8,13-15H,6-7,9-10,18H2,1-2H3,(H,19,21);2*1H/t13-,14?,15+;;/m1../s1. The Morgan fingerprint density at radius 2 is 2.12 bits per heavy atom. The first kappa shape index (κ1) is 23.1. The minimum absolute atomic E-state index is 0. The van der Waals surface area contributed by atoms with E-state index in [1.807, 2.05) is 25.1 Å². The molecule has 0 spiro atoms. The summed E-state index contributed by atoms with van der Waals surface area (Å²) >= 11 is 0. The van der Waals surface area contributed by atoms with Crippen LogP contribution in [-0.2, 0) is 9.53 Å². The van der Waals surface area contributed by atoms with Crippen LogP contribution in [0.2, 0.25) is 0 Å². The van der Waals surface area contributed by atoms with Crippen molar-refractivity contribution < 1.29 is 13.9 Å². The van der Waals surface area contributed by atoms with E-state index in [2.05, 4.69) is 5.32 Å². The van der Waals surface area contributed by atoms with Gasteiger partial charge in [0.05, 0.1) is 12.1 Å². The average Bonchev–Trinajstić information content (AvgIpc) is 2.96. The van der Waals surface area contributed by atoms with E-state index in [1.165, 1.54) is 12.1 Å². The highest BCUT2D eigenvalue weighted by molar-refractivity contribution is 5.85. The number of carbonyl (C=O) groups is 1. The molecule has 3 atom stereocenters. The molecular weight excluding hydrogens is 356 g/mol. The SMILES string of the molecule is CN(C)C(CNC(=O)[C@@H]1CC[C@H](CN)O1)c1cccc(F)c1.Cl.Cl. The highest BCUT2D eigenvalue weighted by atomic mass is 35.5. The van der Waals surface area contributed by atoms with Crippen molar-refractivity contribution in [3.05, 3.63) is 35.6 Å². The van der Waals surface area contributed by atoms with Crippen LogP contribution in [0.15, 0.2) is 24.3 Å². The van der Waals surface area contributed by atoms with Gasteiger partial charge in [0.25, 0.3) is 0 Å². The lowest BCUT2D eigenvalue weighted by Crippen LogP contribution is -2.40. The van der Waals surface area contributed by atoms with Crippen LogP contribution < -0.4 is 11.1 Å². The third-order valence-corrected chi connectivity index (χ3v) is 3.99. The van der Waals surface area contributed by atoms with Gasteiger partial charge in [-0.1, -0.05) is 12.1 Å². The zero-order chi connectivity index (χ0) is 16.1. The summed E-state index contributed by atoms with van der Waals surface area (Å²) in [6, 6.07) is 6.35. The summed E-state index contributed by atoms with van der Waals surface area (Å²) in [6.07, 6.45) is 1.06. The van der Waals surface area contributed by atoms with Gasteiger partial charge in [-0.3, -0.25) is 4.79 Å². The molecule has 8 heteroatoms. The largest absolute Gasteiger partial charge is 0.364 e. The normalized spacial score (nSPS) is 20.9. The molecule has 1 aromatic rings. The maximum atomic E-state index is 13.4. The molecule has 1 fully saturated rings. The van der Waals surface area contributed by atoms with E-state index >= 15 is 0 Å². The molecule has 138 valence electrons. The number of hydrogen-bond acceptors (Lipinski definition) is 4. The molecule has 0 aliphatic carbocycles. The average molecular weight is 382 g/mol. The molecule has 1 amide bonds. The Kier molecular flexibility index (Phi) is 10.4. The van der Waals surface area contributed by atoms with Crippen molar-refractivity contribution >= 4 is 30.7 Å². The van der Waals surface area contributed by atoms with Gasteiger partial charge in [-0.15, -0.1) is 24.8 Å². The second-order valence-electron chi connectivity index (χ2n) is 5.84. The van der Waals surface area contributed by atoms with Gasteiger partial charge in [0, 0.05) is 13.1 Å². The molecule has 0 aromatic heterocycles. The molecule has 0 bridgehead atoms. The smallest absolute Gasteiger partial charge is 0.249 e. The van der Waals surface area contributed by atoms with Crippen LogP contribution in [0.25, 0.3) is 0 Å². The Labute approximate surface area is 154 Å². The Balaban J connectivity index is 0.00000264. The van der Waals surface area contributed by atoms with Gasteiger partial charge in [0.1, 0.15) is 11.9 Å². The minimum atomic E-state index is -0.427. The molecule has 2 rings (SSSR count). The number of likely N-dealkylation sites (N-methyl/N-ethyl adjacent to an activating group) is 1. The molecule has 24 heavy (non-hydrogen) atoms. The van der Waals surface area contributed by atoms with E-state index < -0.39 is 6.10 Å². The maximum absolute atomic E-state index is 13.4. The van der Waals surface area contributed by atoms with Crippen molar-refractivity contribution in [3.63, 3.8) is 0 Å². The van der Waals surface area contributed by atoms with Gasteiger partial charge >= 0.3 is 0 Å². The fraction of sp³-hybridized carbons (Fsp3) is 0.562. The lowest BCUT2D eigenvalue weighted by atomic mass is 10.1. The summed E-state index contributed by atoms with van der Waals surface area (Å²) in [5.41, 5.74) is 6.38. The molecule has 1 saturated heterocycles. The van der Waals surface area contributed by atoms with E-state index in [4.69, 9.17) is 10.5 Å². The summed E-state index contributed by atoms with van der Waals surface area (Å²) in [5.74, 6) is -0.403. The van der Waals surface area contributed by atoms with Crippen molar-refractivity contribution in [3.8, 4) is 0 Å². The predicted molar refractivity (Wildman–Crippen MR) is 97.3 cm³/mol. The third-order valence-electron chi connectivity index (χ3n) is 3.99. The van der Waals surface area contributed by atoms with Crippen molar-refractivity contribution in [1.82, 2.24) is 10.2 Å². The monoisotopic (exact) mass is 381 g/mol. The number of nitrogens with one attached hydrogen (secondary N) is 1. The van der Waals surface area contributed by atoms with Gasteiger partial charge in [0.2, 0.25) is 5.91 Å². The van der Waals surface area contributed by atoms with E-state index in [0.717, 1.165) is 12.0 Å². The molecule has 1 unspecified atom stereocenters. The number of carbonyl (C=O) groups excluding carboxylic acids is 1. The van der Waals surface area contributed by atoms with Crippen LogP contribution in [0.4, 0.5) is 4.39 Å². The number of hydrogen-bond donors (Lipinski definition) is 2. The van der Waals surface area contributed by atoms with E-state index in [9.17, 15) is 9.18 Å². The molecule has 1 aliphatic rings. The Morgan fingerprint density at radius 3 is 2.67 bits per heavy atom. The van der Waals surface area contributed by atoms with Crippen LogP contribution in [0.5, 0.6) is 0 Å². The summed E-state index contributed by atoms with van der Waals surface area (Å²) in [6.45, 7) is 0.843. The highest BCUT2D eigenvalue weighted by Gasteiger charge is 2.30. The van der Waals surface area contributed by atoms with Crippen LogP contribution >= 0.6 is 24.8 Å². The second kappa shape index (κ2) is 10.8. The first-order valence-electron chi connectivity index (χ1n) is 7.56. The summed E-state index contributed by atoms with van der Waals surface area (Å²) in [4.78, 5) is 14.1. The Morgan fingerprint density at radius 1 is 1.42 bits per heavy atom. The summed E-state index contributed by atoms with van der Waals surface area (Å²) in [7, 11) is 3.80. The van der Waals surface area contributed by atoms with Gasteiger partial charge in [-0.25, -0.2) is 4.39 Å². The Bertz CT molecular complexity index is 520. The minimum Gasteiger partial charge on any atom is -0.364 e. The second-order valence-corrected chi connectivity index (χ2v) is 5.84. The fourth-order valence-corrected chi connectivity index (χ4v) is 2.70. The first-order valence-corrected chi connectivity index (χ1v) is 7.56. The van der Waals surface area contributed by atoms with Crippen molar-refractivity contribution in [2.75, 3.05) is 27.2 Å². The number of benzene rings is 1. The van der Waals surface area contributed by atoms with E-state index in [-0.39, 0.29) is 48.7 Å². The lowest BCUT2D eigenvalue weighted by Gasteiger charge is -2.25. The molecule has 3 N–H and O–H groups in total. The van der Waals surface area contributed by atoms with Crippen molar-refractivity contribution in [1.29, 1.82) is 0 Å². The summed E-state index contributed by atoms with van der Waals surface area (Å²) in [5, 5.41) is 2.90. The van der Waals surface area contributed by atoms with Crippen LogP contribution in [-0.4, -0.2) is 50.2 Å². The third kappa shape index (κ3) is 6.18. The van der Waals surface area contributed by atoms with E-state index in [1.54, 1.807) is 6.07 Å². The molecule has 0 saturated carbocycles. The van der Waals surface area contributed by atoms with Crippen molar-refractivity contribution in [2.45, 2.75) is 31.1 Å². The van der Waals surface area contributed by atoms with Crippen LogP contribution in [0.3, 0.4) is 0 Å². The number of nitrogens with two attached hydrogens (primary N) is 1. The Hall–Kier alpha value is -0.920. The zero-order valence-corrected chi connectivity index (χ0v) is 15.5. The molecule has 5 nitrogen and oxygen atoms in total. The lowest BCUT2D eigenvalue weighted by molar-refractivity contribution is -0.132. The van der Waals surface area contributed by atoms with E-state index in [0.29, 0.717) is 19.5 Å². The molecular formula is C16H26Cl2FN3O2. The quantitative estimate of drug-likeness (QED) is 0.789. The van der Waals surface area contributed by atoms with Crippen molar-refractivity contribution in [2.24, 2.45) is 5.73 Å². The number of nitrogens with zero attached hydrogens (tertiary/aromatic N) is 1. The van der Waals surface area contributed by atoms with Crippen LogP contribution in [0.1, 0.15) is 24.4 Å². The number of rotatable bonds is 6. The number of amides is 1. The summed E-state index contributed by atoms with van der Waals surface area (Å²) < 4.78 is 19.0. The van der Waals surface area contributed by atoms with Gasteiger partial charge in [0.15, 0.2) is 0 Å². The van der Waals surface area contributed by atoms with Gasteiger partial charge < -0.3 is 20.7 Å². The fourth-order valence-electron chi connectivity index (χ4n) is 2.70. The molecule has 1 heterocycles. The molecule has 1 aliphatic heterocycles. The number of ether oxygens (including phenoxy) is 1.